The van der Waals surface area contributed by atoms with E-state index in [0.717, 1.165) is 12.5 Å². The average Bonchev–Trinajstić information content (AvgIpc) is 3.04. The summed E-state index contributed by atoms with van der Waals surface area (Å²) < 4.78 is 22.9. The van der Waals surface area contributed by atoms with Crippen LogP contribution in [-0.4, -0.2) is 56.4 Å². The molecule has 1 atom stereocenters. The van der Waals surface area contributed by atoms with Gasteiger partial charge in [-0.2, -0.15) is 0 Å². The number of amides is 1. The smallest absolute Gasteiger partial charge is 0.236 e. The van der Waals surface area contributed by atoms with Crippen LogP contribution in [0.2, 0.25) is 0 Å². The molecule has 1 aliphatic heterocycles. The normalized spacial score (nSPS) is 26.2. The Bertz CT molecular complexity index is 404. The van der Waals surface area contributed by atoms with Crippen LogP contribution >= 0.6 is 0 Å². The summed E-state index contributed by atoms with van der Waals surface area (Å²) in [5.41, 5.74) is 0. The van der Waals surface area contributed by atoms with Crippen LogP contribution in [0.3, 0.4) is 0 Å². The summed E-state index contributed by atoms with van der Waals surface area (Å²) in [5, 5.41) is 3.17. The second-order valence-electron chi connectivity index (χ2n) is 5.31. The van der Waals surface area contributed by atoms with Crippen molar-refractivity contribution in [1.29, 1.82) is 0 Å². The van der Waals surface area contributed by atoms with E-state index in [4.69, 9.17) is 0 Å². The Morgan fingerprint density at radius 3 is 2.56 bits per heavy atom. The first-order valence-corrected chi connectivity index (χ1v) is 8.54. The number of likely N-dealkylation sites (N-methyl/N-ethyl adjacent to an activating group) is 1. The van der Waals surface area contributed by atoms with Gasteiger partial charge in [-0.1, -0.05) is 0 Å². The number of nitrogens with one attached hydrogen (secondary N) is 1. The van der Waals surface area contributed by atoms with Gasteiger partial charge >= 0.3 is 0 Å². The van der Waals surface area contributed by atoms with Gasteiger partial charge in [-0.3, -0.25) is 4.79 Å². The highest BCUT2D eigenvalue weighted by Gasteiger charge is 2.33. The molecule has 2 aliphatic rings. The molecular formula is C12H22N2O3S. The molecule has 18 heavy (non-hydrogen) atoms. The first-order valence-electron chi connectivity index (χ1n) is 6.72. The molecule has 2 rings (SSSR count). The summed E-state index contributed by atoms with van der Waals surface area (Å²) in [6, 6.07) is -0.116. The zero-order chi connectivity index (χ0) is 13.2. The monoisotopic (exact) mass is 274 g/mol. The summed E-state index contributed by atoms with van der Waals surface area (Å²) in [5.74, 6) is 1.13. The van der Waals surface area contributed by atoms with E-state index in [2.05, 4.69) is 5.32 Å². The van der Waals surface area contributed by atoms with Crippen molar-refractivity contribution >= 4 is 15.7 Å². The zero-order valence-electron chi connectivity index (χ0n) is 10.9. The largest absolute Gasteiger partial charge is 0.338 e. The quantitative estimate of drug-likeness (QED) is 0.741. The summed E-state index contributed by atoms with van der Waals surface area (Å²) in [4.78, 5) is 13.8. The van der Waals surface area contributed by atoms with Crippen molar-refractivity contribution < 1.29 is 13.2 Å². The Morgan fingerprint density at radius 1 is 1.33 bits per heavy atom. The number of carbonyl (C=O) groups is 1. The SMILES string of the molecule is CCN(C(=O)CNCC1CC1)C1CCS(=O)(=O)C1. The number of carbonyl (C=O) groups excluding carboxylic acids is 1. The van der Waals surface area contributed by atoms with Gasteiger partial charge in [0, 0.05) is 12.6 Å². The van der Waals surface area contributed by atoms with Gasteiger partial charge in [0.1, 0.15) is 0 Å². The van der Waals surface area contributed by atoms with Crippen molar-refractivity contribution in [2.24, 2.45) is 5.92 Å². The van der Waals surface area contributed by atoms with Crippen LogP contribution < -0.4 is 5.32 Å². The fraction of sp³-hybridized carbons (Fsp3) is 0.917. The van der Waals surface area contributed by atoms with Crippen molar-refractivity contribution in [3.63, 3.8) is 0 Å². The van der Waals surface area contributed by atoms with Crippen LogP contribution in [0.4, 0.5) is 0 Å². The predicted molar refractivity (Wildman–Crippen MR) is 70.0 cm³/mol. The van der Waals surface area contributed by atoms with E-state index in [9.17, 15) is 13.2 Å². The van der Waals surface area contributed by atoms with Gasteiger partial charge in [0.15, 0.2) is 9.84 Å². The summed E-state index contributed by atoms with van der Waals surface area (Å²) in [6.45, 7) is 3.74. The van der Waals surface area contributed by atoms with Crippen molar-refractivity contribution in [3.05, 3.63) is 0 Å². The minimum atomic E-state index is -2.92. The molecule has 0 spiro atoms. The number of rotatable bonds is 6. The molecule has 2 fully saturated rings. The number of hydrogen-bond acceptors (Lipinski definition) is 4. The molecule has 1 unspecified atom stereocenters. The zero-order valence-corrected chi connectivity index (χ0v) is 11.7. The fourth-order valence-corrected chi connectivity index (χ4v) is 4.20. The maximum atomic E-state index is 12.0. The Morgan fingerprint density at radius 2 is 2.06 bits per heavy atom. The van der Waals surface area contributed by atoms with Gasteiger partial charge in [-0.05, 0) is 38.6 Å². The summed E-state index contributed by atoms with van der Waals surface area (Å²) >= 11 is 0. The van der Waals surface area contributed by atoms with E-state index in [1.54, 1.807) is 4.90 Å². The highest BCUT2D eigenvalue weighted by Crippen LogP contribution is 2.27. The van der Waals surface area contributed by atoms with Crippen LogP contribution in [0.1, 0.15) is 26.2 Å². The molecule has 1 amide bonds. The molecule has 1 aliphatic carbocycles. The van der Waals surface area contributed by atoms with E-state index in [1.165, 1.54) is 12.8 Å². The molecule has 6 heteroatoms. The second kappa shape index (κ2) is 5.57. The molecule has 104 valence electrons. The third-order valence-corrected chi connectivity index (χ3v) is 5.47. The highest BCUT2D eigenvalue weighted by atomic mass is 32.2. The van der Waals surface area contributed by atoms with Crippen molar-refractivity contribution in [3.8, 4) is 0 Å². The number of hydrogen-bond donors (Lipinski definition) is 1. The maximum Gasteiger partial charge on any atom is 0.236 e. The van der Waals surface area contributed by atoms with Crippen molar-refractivity contribution in [2.45, 2.75) is 32.2 Å². The van der Waals surface area contributed by atoms with Crippen molar-refractivity contribution in [2.75, 3.05) is 31.1 Å². The van der Waals surface area contributed by atoms with Crippen LogP contribution in [0, 0.1) is 5.92 Å². The Labute approximate surface area is 109 Å². The van der Waals surface area contributed by atoms with E-state index in [0.29, 0.717) is 19.5 Å². The van der Waals surface area contributed by atoms with Crippen LogP contribution in [-0.2, 0) is 14.6 Å². The first-order chi connectivity index (χ1) is 8.52. The van der Waals surface area contributed by atoms with Crippen LogP contribution in [0.5, 0.6) is 0 Å². The third-order valence-electron chi connectivity index (χ3n) is 3.72. The third kappa shape index (κ3) is 3.68. The molecular weight excluding hydrogens is 252 g/mol. The Kier molecular flexibility index (Phi) is 4.27. The van der Waals surface area contributed by atoms with E-state index in [-0.39, 0.29) is 23.5 Å². The topological polar surface area (TPSA) is 66.5 Å². The van der Waals surface area contributed by atoms with Crippen molar-refractivity contribution in [1.82, 2.24) is 10.2 Å². The predicted octanol–water partition coefficient (Wildman–Crippen LogP) is 0.0216. The molecule has 5 nitrogen and oxygen atoms in total. The molecule has 1 N–H and O–H groups in total. The molecule has 1 heterocycles. The standard InChI is InChI=1S/C12H22N2O3S/c1-2-14(11-5-6-18(16,17)9-11)12(15)8-13-7-10-3-4-10/h10-11,13H,2-9H2,1H3. The van der Waals surface area contributed by atoms with E-state index in [1.807, 2.05) is 6.92 Å². The number of nitrogens with zero attached hydrogens (tertiary/aromatic N) is 1. The molecule has 0 radical (unpaired) electrons. The van der Waals surface area contributed by atoms with Gasteiger partial charge in [0.05, 0.1) is 18.1 Å². The van der Waals surface area contributed by atoms with E-state index >= 15 is 0 Å². The number of sulfone groups is 1. The minimum absolute atomic E-state index is 0.0280. The van der Waals surface area contributed by atoms with Gasteiger partial charge in [-0.15, -0.1) is 0 Å². The summed E-state index contributed by atoms with van der Waals surface area (Å²) in [7, 11) is -2.92. The average molecular weight is 274 g/mol. The lowest BCUT2D eigenvalue weighted by Gasteiger charge is -2.27. The molecule has 1 saturated carbocycles. The van der Waals surface area contributed by atoms with Gasteiger partial charge in [0.2, 0.25) is 5.91 Å². The summed E-state index contributed by atoms with van der Waals surface area (Å²) in [6.07, 6.45) is 3.11. The Balaban J connectivity index is 1.81. The minimum Gasteiger partial charge on any atom is -0.338 e. The Hall–Kier alpha value is -0.620. The van der Waals surface area contributed by atoms with Crippen LogP contribution in [0.25, 0.3) is 0 Å². The molecule has 0 aromatic heterocycles. The molecule has 1 saturated heterocycles. The van der Waals surface area contributed by atoms with Gasteiger partial charge in [0.25, 0.3) is 0 Å². The van der Waals surface area contributed by atoms with Crippen LogP contribution in [0.15, 0.2) is 0 Å². The molecule has 0 aromatic rings. The second-order valence-corrected chi connectivity index (χ2v) is 7.54. The highest BCUT2D eigenvalue weighted by molar-refractivity contribution is 7.91. The fourth-order valence-electron chi connectivity index (χ4n) is 2.47. The first kappa shape index (κ1) is 13.8. The van der Waals surface area contributed by atoms with Gasteiger partial charge in [-0.25, -0.2) is 8.42 Å². The molecule has 0 aromatic carbocycles. The lowest BCUT2D eigenvalue weighted by atomic mass is 10.2. The van der Waals surface area contributed by atoms with E-state index < -0.39 is 9.84 Å². The lowest BCUT2D eigenvalue weighted by Crippen LogP contribution is -2.45. The van der Waals surface area contributed by atoms with Gasteiger partial charge < -0.3 is 10.2 Å². The maximum absolute atomic E-state index is 12.0. The lowest BCUT2D eigenvalue weighted by molar-refractivity contribution is -0.131. The molecule has 0 bridgehead atoms.